The molecular weight excluding hydrogens is 196 g/mol. The highest BCUT2D eigenvalue weighted by Gasteiger charge is 2.01. The lowest BCUT2D eigenvalue weighted by molar-refractivity contribution is 0.101. The lowest BCUT2D eigenvalue weighted by Gasteiger charge is -2.04. The summed E-state index contributed by atoms with van der Waals surface area (Å²) in [5.74, 6) is 0.128. The van der Waals surface area contributed by atoms with Gasteiger partial charge in [0.25, 0.3) is 0 Å². The molecule has 0 N–H and O–H groups in total. The number of hydrogen-bond acceptors (Lipinski definition) is 1. The molecule has 0 saturated heterocycles. The third-order valence-corrected chi connectivity index (χ3v) is 2.85. The first kappa shape index (κ1) is 10.9. The minimum absolute atomic E-state index is 0.128. The fourth-order valence-corrected chi connectivity index (χ4v) is 1.96. The minimum Gasteiger partial charge on any atom is -0.295 e. The van der Waals surface area contributed by atoms with E-state index in [0.717, 1.165) is 18.4 Å². The van der Waals surface area contributed by atoms with Crippen LogP contribution in [-0.4, -0.2) is 5.78 Å². The molecule has 1 nitrogen and oxygen atoms in total. The SMILES string of the molecule is CCCc1ccc2ccc(C(C)=O)cc2c1. The Balaban J connectivity index is 2.52. The first-order chi connectivity index (χ1) is 7.70. The second-order valence-corrected chi connectivity index (χ2v) is 4.20. The van der Waals surface area contributed by atoms with Gasteiger partial charge >= 0.3 is 0 Å². The molecule has 0 saturated carbocycles. The molecule has 16 heavy (non-hydrogen) atoms. The Labute approximate surface area is 96.1 Å². The second-order valence-electron chi connectivity index (χ2n) is 4.20. The van der Waals surface area contributed by atoms with Crippen LogP contribution in [0.1, 0.15) is 36.2 Å². The van der Waals surface area contributed by atoms with Gasteiger partial charge in [0.1, 0.15) is 0 Å². The molecular formula is C15H16O. The molecule has 0 unspecified atom stereocenters. The van der Waals surface area contributed by atoms with E-state index in [2.05, 4.69) is 25.1 Å². The van der Waals surface area contributed by atoms with Crippen LogP contribution in [0.4, 0.5) is 0 Å². The molecule has 0 amide bonds. The van der Waals surface area contributed by atoms with Crippen molar-refractivity contribution in [2.24, 2.45) is 0 Å². The van der Waals surface area contributed by atoms with Crippen molar-refractivity contribution in [1.29, 1.82) is 0 Å². The summed E-state index contributed by atoms with van der Waals surface area (Å²) in [6.07, 6.45) is 2.25. The average molecular weight is 212 g/mol. The van der Waals surface area contributed by atoms with Crippen molar-refractivity contribution >= 4 is 16.6 Å². The number of Topliss-reactive ketones (excluding diaryl/α,β-unsaturated/α-hetero) is 1. The first-order valence-corrected chi connectivity index (χ1v) is 5.74. The molecule has 0 heterocycles. The van der Waals surface area contributed by atoms with Crippen molar-refractivity contribution < 1.29 is 4.79 Å². The largest absolute Gasteiger partial charge is 0.295 e. The summed E-state index contributed by atoms with van der Waals surface area (Å²) in [4.78, 5) is 11.3. The number of carbonyl (C=O) groups is 1. The van der Waals surface area contributed by atoms with Crippen LogP contribution in [0.15, 0.2) is 36.4 Å². The van der Waals surface area contributed by atoms with E-state index in [9.17, 15) is 4.79 Å². The predicted octanol–water partition coefficient (Wildman–Crippen LogP) is 3.99. The minimum atomic E-state index is 0.128. The molecule has 0 aliphatic carbocycles. The summed E-state index contributed by atoms with van der Waals surface area (Å²) in [7, 11) is 0. The zero-order chi connectivity index (χ0) is 11.5. The fraction of sp³-hybridized carbons (Fsp3) is 0.267. The summed E-state index contributed by atoms with van der Waals surface area (Å²) >= 11 is 0. The van der Waals surface area contributed by atoms with Crippen molar-refractivity contribution in [3.63, 3.8) is 0 Å². The van der Waals surface area contributed by atoms with Gasteiger partial charge in [0.15, 0.2) is 5.78 Å². The van der Waals surface area contributed by atoms with Crippen molar-refractivity contribution in [3.05, 3.63) is 47.5 Å². The van der Waals surface area contributed by atoms with Gasteiger partial charge in [-0.15, -0.1) is 0 Å². The molecule has 0 aliphatic heterocycles. The molecule has 2 rings (SSSR count). The van der Waals surface area contributed by atoms with E-state index in [1.807, 2.05) is 18.2 Å². The summed E-state index contributed by atoms with van der Waals surface area (Å²) in [6.45, 7) is 3.78. The highest BCUT2D eigenvalue weighted by atomic mass is 16.1. The maximum Gasteiger partial charge on any atom is 0.159 e. The van der Waals surface area contributed by atoms with Gasteiger partial charge in [-0.2, -0.15) is 0 Å². The van der Waals surface area contributed by atoms with Gasteiger partial charge in [0, 0.05) is 5.56 Å². The van der Waals surface area contributed by atoms with Crippen LogP contribution in [-0.2, 0) is 6.42 Å². The number of aryl methyl sites for hydroxylation is 1. The number of hydrogen-bond donors (Lipinski definition) is 0. The number of ketones is 1. The Bertz CT molecular complexity index is 526. The average Bonchev–Trinajstić information content (AvgIpc) is 2.28. The normalized spacial score (nSPS) is 10.6. The monoisotopic (exact) mass is 212 g/mol. The summed E-state index contributed by atoms with van der Waals surface area (Å²) in [6, 6.07) is 12.4. The van der Waals surface area contributed by atoms with Gasteiger partial charge in [-0.05, 0) is 35.7 Å². The van der Waals surface area contributed by atoms with E-state index < -0.39 is 0 Å². The third-order valence-electron chi connectivity index (χ3n) is 2.85. The molecule has 0 fully saturated rings. The molecule has 1 heteroatoms. The Morgan fingerprint density at radius 1 is 1.06 bits per heavy atom. The molecule has 2 aromatic carbocycles. The Morgan fingerprint density at radius 3 is 2.50 bits per heavy atom. The van der Waals surface area contributed by atoms with Gasteiger partial charge in [-0.3, -0.25) is 4.79 Å². The maximum atomic E-state index is 11.3. The highest BCUT2D eigenvalue weighted by Crippen LogP contribution is 2.19. The van der Waals surface area contributed by atoms with Crippen molar-refractivity contribution in [2.45, 2.75) is 26.7 Å². The third kappa shape index (κ3) is 2.13. The molecule has 0 bridgehead atoms. The van der Waals surface area contributed by atoms with Crippen LogP contribution in [0.2, 0.25) is 0 Å². The van der Waals surface area contributed by atoms with Crippen molar-refractivity contribution in [1.82, 2.24) is 0 Å². The zero-order valence-corrected chi connectivity index (χ0v) is 9.79. The number of carbonyl (C=O) groups excluding carboxylic acids is 1. The number of fused-ring (bicyclic) bond motifs is 1. The van der Waals surface area contributed by atoms with Crippen LogP contribution in [0.25, 0.3) is 10.8 Å². The Morgan fingerprint density at radius 2 is 1.81 bits per heavy atom. The van der Waals surface area contributed by atoms with E-state index in [1.165, 1.54) is 16.3 Å². The van der Waals surface area contributed by atoms with Crippen molar-refractivity contribution in [3.8, 4) is 0 Å². The molecule has 0 aliphatic rings. The van der Waals surface area contributed by atoms with Gasteiger partial charge in [0.05, 0.1) is 0 Å². The summed E-state index contributed by atoms with van der Waals surface area (Å²) in [5, 5.41) is 2.36. The summed E-state index contributed by atoms with van der Waals surface area (Å²) in [5.41, 5.74) is 2.14. The van der Waals surface area contributed by atoms with Crippen LogP contribution < -0.4 is 0 Å². The van der Waals surface area contributed by atoms with E-state index in [0.29, 0.717) is 0 Å². The van der Waals surface area contributed by atoms with Crippen LogP contribution in [0.3, 0.4) is 0 Å². The van der Waals surface area contributed by atoms with Gasteiger partial charge < -0.3 is 0 Å². The first-order valence-electron chi connectivity index (χ1n) is 5.74. The predicted molar refractivity (Wildman–Crippen MR) is 67.9 cm³/mol. The molecule has 2 aromatic rings. The number of benzene rings is 2. The fourth-order valence-electron chi connectivity index (χ4n) is 1.96. The van der Waals surface area contributed by atoms with E-state index in [4.69, 9.17) is 0 Å². The Kier molecular flexibility index (Phi) is 3.04. The summed E-state index contributed by atoms with van der Waals surface area (Å²) < 4.78 is 0. The van der Waals surface area contributed by atoms with E-state index >= 15 is 0 Å². The Hall–Kier alpha value is -1.63. The highest BCUT2D eigenvalue weighted by molar-refractivity contribution is 5.98. The van der Waals surface area contributed by atoms with Gasteiger partial charge in [0.2, 0.25) is 0 Å². The van der Waals surface area contributed by atoms with Crippen LogP contribution in [0.5, 0.6) is 0 Å². The quantitative estimate of drug-likeness (QED) is 0.703. The number of rotatable bonds is 3. The lowest BCUT2D eigenvalue weighted by atomic mass is 10.0. The van der Waals surface area contributed by atoms with Crippen molar-refractivity contribution in [2.75, 3.05) is 0 Å². The van der Waals surface area contributed by atoms with Crippen LogP contribution >= 0.6 is 0 Å². The smallest absolute Gasteiger partial charge is 0.159 e. The molecule has 0 aromatic heterocycles. The standard InChI is InChI=1S/C15H16O/c1-3-4-12-5-6-13-7-8-14(11(2)16)10-15(13)9-12/h5-10H,3-4H2,1-2H3. The lowest BCUT2D eigenvalue weighted by Crippen LogP contribution is -1.91. The molecule has 0 atom stereocenters. The van der Waals surface area contributed by atoms with Gasteiger partial charge in [-0.25, -0.2) is 0 Å². The maximum absolute atomic E-state index is 11.3. The zero-order valence-electron chi connectivity index (χ0n) is 9.79. The molecule has 82 valence electrons. The molecule has 0 spiro atoms. The molecule has 0 radical (unpaired) electrons. The van der Waals surface area contributed by atoms with E-state index in [-0.39, 0.29) is 5.78 Å². The second kappa shape index (κ2) is 4.48. The topological polar surface area (TPSA) is 17.1 Å². The van der Waals surface area contributed by atoms with Crippen LogP contribution in [0, 0.1) is 0 Å². The van der Waals surface area contributed by atoms with Gasteiger partial charge in [-0.1, -0.05) is 43.7 Å². The van der Waals surface area contributed by atoms with E-state index in [1.54, 1.807) is 6.92 Å².